The third-order valence-corrected chi connectivity index (χ3v) is 1.95. The number of halogens is 8. The van der Waals surface area contributed by atoms with Crippen LogP contribution in [0.2, 0.25) is 0 Å². The first-order valence-electron chi connectivity index (χ1n) is 4.65. The number of nitrogens with zero attached hydrogens (tertiary/aromatic N) is 1. The SMILES string of the molecule is COc1c(C(F)F)ncc(C(F)(F)F)c1OC(F)(F)F. The van der Waals surface area contributed by atoms with E-state index in [1.54, 1.807) is 0 Å². The highest BCUT2D eigenvalue weighted by Crippen LogP contribution is 2.46. The number of alkyl halides is 8. The zero-order valence-corrected chi connectivity index (χ0v) is 9.44. The summed E-state index contributed by atoms with van der Waals surface area (Å²) in [5, 5.41) is 0. The summed E-state index contributed by atoms with van der Waals surface area (Å²) >= 11 is 0. The second-order valence-electron chi connectivity index (χ2n) is 3.27. The molecule has 0 saturated carbocycles. The van der Waals surface area contributed by atoms with Gasteiger partial charge in [-0.25, -0.2) is 8.78 Å². The van der Waals surface area contributed by atoms with E-state index in [0.29, 0.717) is 7.11 Å². The summed E-state index contributed by atoms with van der Waals surface area (Å²) in [6, 6.07) is 0. The van der Waals surface area contributed by atoms with Gasteiger partial charge in [-0.05, 0) is 0 Å². The summed E-state index contributed by atoms with van der Waals surface area (Å²) in [5.41, 5.74) is -3.36. The maximum absolute atomic E-state index is 12.5. The van der Waals surface area contributed by atoms with Gasteiger partial charge in [0.2, 0.25) is 0 Å². The minimum atomic E-state index is -5.52. The van der Waals surface area contributed by atoms with Crippen LogP contribution >= 0.6 is 0 Å². The summed E-state index contributed by atoms with van der Waals surface area (Å²) in [5.74, 6) is -3.33. The summed E-state index contributed by atoms with van der Waals surface area (Å²) in [6.07, 6.45) is -14.4. The Labute approximate surface area is 106 Å². The Hall–Kier alpha value is -1.81. The number of hydrogen-bond acceptors (Lipinski definition) is 3. The first-order chi connectivity index (χ1) is 8.97. The average molecular weight is 311 g/mol. The number of rotatable bonds is 3. The molecule has 0 aliphatic carbocycles. The molecule has 11 heteroatoms. The van der Waals surface area contributed by atoms with Crippen LogP contribution in [0.4, 0.5) is 35.1 Å². The van der Waals surface area contributed by atoms with E-state index in [-0.39, 0.29) is 6.20 Å². The molecule has 0 fully saturated rings. The molecule has 0 bridgehead atoms. The maximum atomic E-state index is 12.5. The third kappa shape index (κ3) is 3.61. The van der Waals surface area contributed by atoms with Crippen molar-refractivity contribution in [3.63, 3.8) is 0 Å². The Bertz CT molecular complexity index is 482. The highest BCUT2D eigenvalue weighted by atomic mass is 19.4. The lowest BCUT2D eigenvalue weighted by atomic mass is 10.2. The Morgan fingerprint density at radius 1 is 1.05 bits per heavy atom. The van der Waals surface area contributed by atoms with Crippen LogP contribution in [0.1, 0.15) is 17.7 Å². The zero-order valence-electron chi connectivity index (χ0n) is 9.44. The molecule has 0 atom stereocenters. The molecule has 0 amide bonds. The topological polar surface area (TPSA) is 31.4 Å². The smallest absolute Gasteiger partial charge is 0.491 e. The summed E-state index contributed by atoms with van der Waals surface area (Å²) < 4.78 is 106. The molecule has 0 spiro atoms. The van der Waals surface area contributed by atoms with Crippen molar-refractivity contribution in [1.29, 1.82) is 0 Å². The van der Waals surface area contributed by atoms with E-state index in [0.717, 1.165) is 0 Å². The maximum Gasteiger partial charge on any atom is 0.573 e. The van der Waals surface area contributed by atoms with Crippen molar-refractivity contribution >= 4 is 0 Å². The molecule has 1 rings (SSSR count). The zero-order chi connectivity index (χ0) is 15.7. The minimum absolute atomic E-state index is 0.176. The van der Waals surface area contributed by atoms with Crippen LogP contribution in [0, 0.1) is 0 Å². The lowest BCUT2D eigenvalue weighted by molar-refractivity contribution is -0.276. The van der Waals surface area contributed by atoms with Gasteiger partial charge < -0.3 is 9.47 Å². The normalized spacial score (nSPS) is 12.7. The van der Waals surface area contributed by atoms with Crippen LogP contribution in [0.3, 0.4) is 0 Å². The molecule has 1 aromatic rings. The number of methoxy groups -OCH3 is 1. The second-order valence-corrected chi connectivity index (χ2v) is 3.27. The Kier molecular flexibility index (Phi) is 4.30. The number of hydrogen-bond donors (Lipinski definition) is 0. The first-order valence-corrected chi connectivity index (χ1v) is 4.65. The van der Waals surface area contributed by atoms with Gasteiger partial charge in [0.1, 0.15) is 5.56 Å². The predicted octanol–water partition coefficient (Wildman–Crippen LogP) is 3.95. The Morgan fingerprint density at radius 3 is 1.95 bits per heavy atom. The van der Waals surface area contributed by atoms with Crippen LogP contribution in [0.15, 0.2) is 6.20 Å². The van der Waals surface area contributed by atoms with Crippen molar-refractivity contribution in [1.82, 2.24) is 4.98 Å². The van der Waals surface area contributed by atoms with Crippen LogP contribution < -0.4 is 9.47 Å². The predicted molar refractivity (Wildman–Crippen MR) is 47.4 cm³/mol. The molecule has 0 aliphatic rings. The molecule has 0 aliphatic heterocycles. The summed E-state index contributed by atoms with van der Waals surface area (Å²) in [4.78, 5) is 2.76. The van der Waals surface area contributed by atoms with Gasteiger partial charge >= 0.3 is 12.5 Å². The van der Waals surface area contributed by atoms with Gasteiger partial charge in [0, 0.05) is 6.20 Å². The fourth-order valence-electron chi connectivity index (χ4n) is 1.26. The van der Waals surface area contributed by atoms with E-state index in [9.17, 15) is 35.1 Å². The molecule has 0 aromatic carbocycles. The van der Waals surface area contributed by atoms with Crippen molar-refractivity contribution in [3.05, 3.63) is 17.5 Å². The molecule has 1 heterocycles. The van der Waals surface area contributed by atoms with Gasteiger partial charge in [-0.2, -0.15) is 13.2 Å². The molecule has 0 unspecified atom stereocenters. The molecule has 20 heavy (non-hydrogen) atoms. The van der Waals surface area contributed by atoms with E-state index in [4.69, 9.17) is 0 Å². The number of aromatic nitrogens is 1. The number of ether oxygens (including phenoxy) is 2. The average Bonchev–Trinajstić information content (AvgIpc) is 2.24. The summed E-state index contributed by atoms with van der Waals surface area (Å²) in [7, 11) is 0.617. The first kappa shape index (κ1) is 16.2. The third-order valence-electron chi connectivity index (χ3n) is 1.95. The summed E-state index contributed by atoms with van der Waals surface area (Å²) in [6.45, 7) is 0. The van der Waals surface area contributed by atoms with Gasteiger partial charge in [-0.3, -0.25) is 4.98 Å². The highest BCUT2D eigenvalue weighted by Gasteiger charge is 2.43. The van der Waals surface area contributed by atoms with E-state index >= 15 is 0 Å². The molecular formula is C9H5F8NO2. The second kappa shape index (κ2) is 5.29. The molecule has 114 valence electrons. The van der Waals surface area contributed by atoms with Crippen molar-refractivity contribution in [2.75, 3.05) is 7.11 Å². The van der Waals surface area contributed by atoms with Crippen molar-refractivity contribution in [3.8, 4) is 11.5 Å². The van der Waals surface area contributed by atoms with E-state index < -0.39 is 41.7 Å². The monoisotopic (exact) mass is 311 g/mol. The van der Waals surface area contributed by atoms with Crippen LogP contribution in [0.5, 0.6) is 11.5 Å². The fourth-order valence-corrected chi connectivity index (χ4v) is 1.26. The lowest BCUT2D eigenvalue weighted by Crippen LogP contribution is -2.21. The van der Waals surface area contributed by atoms with Crippen molar-refractivity contribution in [2.45, 2.75) is 19.0 Å². The van der Waals surface area contributed by atoms with E-state index in [1.165, 1.54) is 0 Å². The van der Waals surface area contributed by atoms with Gasteiger partial charge in [0.25, 0.3) is 6.43 Å². The van der Waals surface area contributed by atoms with E-state index in [2.05, 4.69) is 14.5 Å². The van der Waals surface area contributed by atoms with Crippen LogP contribution in [-0.4, -0.2) is 18.5 Å². The van der Waals surface area contributed by atoms with Gasteiger partial charge in [-0.15, -0.1) is 13.2 Å². The number of pyridine rings is 1. The molecular weight excluding hydrogens is 306 g/mol. The van der Waals surface area contributed by atoms with Gasteiger partial charge in [-0.1, -0.05) is 0 Å². The molecule has 0 saturated heterocycles. The lowest BCUT2D eigenvalue weighted by Gasteiger charge is -2.19. The molecule has 1 aromatic heterocycles. The molecule has 3 nitrogen and oxygen atoms in total. The Morgan fingerprint density at radius 2 is 1.60 bits per heavy atom. The van der Waals surface area contributed by atoms with Gasteiger partial charge in [0.15, 0.2) is 17.2 Å². The van der Waals surface area contributed by atoms with E-state index in [1.807, 2.05) is 0 Å². The molecule has 0 radical (unpaired) electrons. The Balaban J connectivity index is 3.56. The van der Waals surface area contributed by atoms with Crippen molar-refractivity contribution < 1.29 is 44.6 Å². The van der Waals surface area contributed by atoms with Crippen molar-refractivity contribution in [2.24, 2.45) is 0 Å². The minimum Gasteiger partial charge on any atom is -0.491 e. The quantitative estimate of drug-likeness (QED) is 0.792. The fraction of sp³-hybridized carbons (Fsp3) is 0.444. The van der Waals surface area contributed by atoms with Crippen LogP contribution in [0.25, 0.3) is 0 Å². The van der Waals surface area contributed by atoms with Gasteiger partial charge in [0.05, 0.1) is 7.11 Å². The van der Waals surface area contributed by atoms with Crippen LogP contribution in [-0.2, 0) is 6.18 Å². The highest BCUT2D eigenvalue weighted by molar-refractivity contribution is 5.50. The molecule has 0 N–H and O–H groups in total. The largest absolute Gasteiger partial charge is 0.573 e. The standard InChI is InChI=1S/C9H5F8NO2/c1-19-6-4(7(10)11)18-2-3(8(12,13)14)5(6)20-9(15,16)17/h2,7H,1H3.